The second-order valence-corrected chi connectivity index (χ2v) is 4.23. The molecule has 1 aromatic rings. The second-order valence-electron chi connectivity index (χ2n) is 3.28. The molecule has 4 nitrogen and oxygen atoms in total. The number of nitrogens with zero attached hydrogens (tertiary/aromatic N) is 2. The van der Waals surface area contributed by atoms with E-state index in [-0.39, 0.29) is 11.7 Å². The highest BCUT2D eigenvalue weighted by molar-refractivity contribution is 7.09. The average molecular weight is 210 g/mol. The van der Waals surface area contributed by atoms with Gasteiger partial charge in [-0.2, -0.15) is 0 Å². The van der Waals surface area contributed by atoms with Gasteiger partial charge in [0.2, 0.25) is 5.78 Å². The van der Waals surface area contributed by atoms with E-state index in [0.29, 0.717) is 19.5 Å². The number of aryl methyl sites for hydroxylation is 1. The van der Waals surface area contributed by atoms with Gasteiger partial charge in [0.15, 0.2) is 0 Å². The molecule has 0 aromatic carbocycles. The molecule has 0 unspecified atom stereocenters. The van der Waals surface area contributed by atoms with E-state index in [2.05, 4.69) is 4.98 Å². The Morgan fingerprint density at radius 2 is 2.36 bits per heavy atom. The summed E-state index contributed by atoms with van der Waals surface area (Å²) in [7, 11) is 0. The number of amides is 1. The first-order chi connectivity index (χ1) is 6.66. The van der Waals surface area contributed by atoms with Crippen LogP contribution in [0.5, 0.6) is 0 Å². The molecule has 1 aromatic heterocycles. The van der Waals surface area contributed by atoms with Gasteiger partial charge in [0.1, 0.15) is 5.01 Å². The van der Waals surface area contributed by atoms with Crippen molar-refractivity contribution in [1.82, 2.24) is 9.88 Å². The molecule has 14 heavy (non-hydrogen) atoms. The number of hydrogen-bond acceptors (Lipinski definition) is 4. The number of hydrogen-bond donors (Lipinski definition) is 0. The number of aromatic nitrogens is 1. The highest BCUT2D eigenvalue weighted by Crippen LogP contribution is 2.15. The van der Waals surface area contributed by atoms with Crippen molar-refractivity contribution in [3.63, 3.8) is 0 Å². The summed E-state index contributed by atoms with van der Waals surface area (Å²) in [6.45, 7) is 2.93. The van der Waals surface area contributed by atoms with E-state index in [1.165, 1.54) is 11.3 Å². The number of Topliss-reactive ketones (excluding diaryl/α,β-unsaturated/α-hetero) is 1. The van der Waals surface area contributed by atoms with Crippen LogP contribution in [-0.2, 0) is 16.1 Å². The molecule has 1 saturated heterocycles. The zero-order chi connectivity index (χ0) is 10.1. The summed E-state index contributed by atoms with van der Waals surface area (Å²) in [5.74, 6) is -0.642. The third-order valence-electron chi connectivity index (χ3n) is 2.13. The summed E-state index contributed by atoms with van der Waals surface area (Å²) in [6.07, 6.45) is 0.350. The molecule has 0 spiro atoms. The Kier molecular flexibility index (Phi) is 2.33. The van der Waals surface area contributed by atoms with E-state index in [4.69, 9.17) is 0 Å². The van der Waals surface area contributed by atoms with Crippen LogP contribution < -0.4 is 0 Å². The molecule has 0 aliphatic carbocycles. The fourth-order valence-corrected chi connectivity index (χ4v) is 2.20. The lowest BCUT2D eigenvalue weighted by Gasteiger charge is -2.11. The van der Waals surface area contributed by atoms with Gasteiger partial charge in [0, 0.05) is 24.0 Å². The molecule has 0 saturated carbocycles. The number of ketones is 1. The van der Waals surface area contributed by atoms with Gasteiger partial charge in [-0.25, -0.2) is 4.98 Å². The van der Waals surface area contributed by atoms with Crippen molar-refractivity contribution in [3.05, 3.63) is 16.1 Å². The van der Waals surface area contributed by atoms with Gasteiger partial charge in [-0.15, -0.1) is 11.3 Å². The largest absolute Gasteiger partial charge is 0.329 e. The van der Waals surface area contributed by atoms with E-state index >= 15 is 0 Å². The fourth-order valence-electron chi connectivity index (χ4n) is 1.41. The van der Waals surface area contributed by atoms with Gasteiger partial charge in [-0.3, -0.25) is 9.59 Å². The van der Waals surface area contributed by atoms with Crippen LogP contribution in [0.15, 0.2) is 5.38 Å². The first kappa shape index (κ1) is 9.33. The van der Waals surface area contributed by atoms with E-state index in [1.54, 1.807) is 4.90 Å². The highest BCUT2D eigenvalue weighted by atomic mass is 32.1. The number of carbonyl (C=O) groups excluding carboxylic acids is 2. The summed E-state index contributed by atoms with van der Waals surface area (Å²) in [5, 5.41) is 2.84. The Morgan fingerprint density at radius 1 is 1.57 bits per heavy atom. The molecule has 0 bridgehead atoms. The van der Waals surface area contributed by atoms with Gasteiger partial charge >= 0.3 is 0 Å². The minimum Gasteiger partial charge on any atom is -0.329 e. The average Bonchev–Trinajstić information content (AvgIpc) is 2.67. The number of carbonyl (C=O) groups is 2. The van der Waals surface area contributed by atoms with Crippen molar-refractivity contribution in [2.45, 2.75) is 19.9 Å². The van der Waals surface area contributed by atoms with Crippen molar-refractivity contribution >= 4 is 23.0 Å². The molecule has 2 rings (SSSR count). The van der Waals surface area contributed by atoms with Crippen molar-refractivity contribution in [2.75, 3.05) is 6.54 Å². The van der Waals surface area contributed by atoms with Gasteiger partial charge in [0.25, 0.3) is 5.91 Å². The van der Waals surface area contributed by atoms with Crippen LogP contribution in [0.25, 0.3) is 0 Å². The number of likely N-dealkylation sites (tertiary alicyclic amines) is 1. The number of rotatable bonds is 2. The monoisotopic (exact) mass is 210 g/mol. The van der Waals surface area contributed by atoms with Gasteiger partial charge in [-0.1, -0.05) is 0 Å². The highest BCUT2D eigenvalue weighted by Gasteiger charge is 2.29. The molecule has 1 fully saturated rings. The van der Waals surface area contributed by atoms with Gasteiger partial charge in [-0.05, 0) is 6.92 Å². The number of thiazole rings is 1. The van der Waals surface area contributed by atoms with Crippen LogP contribution in [0.3, 0.4) is 0 Å². The summed E-state index contributed by atoms with van der Waals surface area (Å²) >= 11 is 1.52. The van der Waals surface area contributed by atoms with Crippen molar-refractivity contribution in [3.8, 4) is 0 Å². The topological polar surface area (TPSA) is 50.3 Å². The molecule has 1 aliphatic rings. The van der Waals surface area contributed by atoms with E-state index in [0.717, 1.165) is 10.7 Å². The molecule has 74 valence electrons. The predicted molar refractivity (Wildman–Crippen MR) is 51.9 cm³/mol. The molecule has 0 radical (unpaired) electrons. The zero-order valence-corrected chi connectivity index (χ0v) is 8.63. The van der Waals surface area contributed by atoms with Crippen LogP contribution in [0.4, 0.5) is 0 Å². The Bertz CT molecular complexity index is 386. The van der Waals surface area contributed by atoms with Gasteiger partial charge in [0.05, 0.1) is 6.54 Å². The fraction of sp³-hybridized carbons (Fsp3) is 0.444. The molecular weight excluding hydrogens is 200 g/mol. The second kappa shape index (κ2) is 3.49. The van der Waals surface area contributed by atoms with Crippen molar-refractivity contribution in [1.29, 1.82) is 0 Å². The van der Waals surface area contributed by atoms with E-state index in [9.17, 15) is 9.59 Å². The molecule has 5 heteroatoms. The first-order valence-electron chi connectivity index (χ1n) is 4.40. The predicted octanol–water partition coefficient (Wildman–Crippen LogP) is 0.753. The van der Waals surface area contributed by atoms with Crippen LogP contribution in [0.2, 0.25) is 0 Å². The molecule has 0 N–H and O–H groups in total. The van der Waals surface area contributed by atoms with E-state index in [1.807, 2.05) is 12.3 Å². The normalized spacial score (nSPS) is 16.8. The lowest BCUT2D eigenvalue weighted by atomic mass is 10.3. The van der Waals surface area contributed by atoms with Crippen molar-refractivity contribution < 1.29 is 9.59 Å². The lowest BCUT2D eigenvalue weighted by molar-refractivity contribution is -0.140. The van der Waals surface area contributed by atoms with Crippen LogP contribution in [0, 0.1) is 6.92 Å². The SMILES string of the molecule is Cc1csc(CN2CCC(=O)C2=O)n1. The molecule has 2 heterocycles. The lowest BCUT2D eigenvalue weighted by Crippen LogP contribution is -2.26. The molecule has 1 amide bonds. The maximum Gasteiger partial charge on any atom is 0.290 e. The smallest absolute Gasteiger partial charge is 0.290 e. The van der Waals surface area contributed by atoms with Crippen LogP contribution in [0.1, 0.15) is 17.1 Å². The minimum atomic E-state index is -0.363. The zero-order valence-electron chi connectivity index (χ0n) is 7.82. The third-order valence-corrected chi connectivity index (χ3v) is 3.08. The van der Waals surface area contributed by atoms with Crippen molar-refractivity contribution in [2.24, 2.45) is 0 Å². The maximum absolute atomic E-state index is 11.3. The van der Waals surface area contributed by atoms with Crippen LogP contribution >= 0.6 is 11.3 Å². The van der Waals surface area contributed by atoms with Gasteiger partial charge < -0.3 is 4.90 Å². The Balaban J connectivity index is 2.05. The summed E-state index contributed by atoms with van der Waals surface area (Å²) in [5.41, 5.74) is 0.961. The maximum atomic E-state index is 11.3. The molecular formula is C9H10N2O2S. The minimum absolute atomic E-state index is 0.279. The Hall–Kier alpha value is -1.23. The standard InChI is InChI=1S/C9H10N2O2S/c1-6-5-14-8(10-6)4-11-3-2-7(12)9(11)13/h5H,2-4H2,1H3. The quantitative estimate of drug-likeness (QED) is 0.677. The summed E-state index contributed by atoms with van der Waals surface area (Å²) < 4.78 is 0. The Labute approximate surface area is 85.6 Å². The summed E-state index contributed by atoms with van der Waals surface area (Å²) in [4.78, 5) is 28.0. The first-order valence-corrected chi connectivity index (χ1v) is 5.28. The third kappa shape index (κ3) is 1.68. The summed E-state index contributed by atoms with van der Waals surface area (Å²) in [6, 6.07) is 0. The Morgan fingerprint density at radius 3 is 2.86 bits per heavy atom. The molecule has 1 aliphatic heterocycles. The van der Waals surface area contributed by atoms with Crippen LogP contribution in [-0.4, -0.2) is 28.1 Å². The molecule has 0 atom stereocenters. The van der Waals surface area contributed by atoms with E-state index < -0.39 is 0 Å².